The Morgan fingerprint density at radius 3 is 2.42 bits per heavy atom. The van der Waals surface area contributed by atoms with Crippen LogP contribution in [0.15, 0.2) is 36.2 Å². The second-order valence-electron chi connectivity index (χ2n) is 3.96. The number of allylic oxidation sites excluding steroid dienone is 4. The van der Waals surface area contributed by atoms with E-state index >= 15 is 0 Å². The van der Waals surface area contributed by atoms with Crippen LogP contribution in [-0.4, -0.2) is 10.3 Å². The second kappa shape index (κ2) is 2.79. The molecule has 1 rings (SSSR count). The number of hydroxylamine groups is 2. The summed E-state index contributed by atoms with van der Waals surface area (Å²) >= 11 is 0. The molecule has 0 fully saturated rings. The van der Waals surface area contributed by atoms with Crippen molar-refractivity contribution in [1.29, 1.82) is 0 Å². The molecule has 1 heterocycles. The normalized spacial score (nSPS) is 18.2. The number of nitrogens with zero attached hydrogens (tertiary/aromatic N) is 1. The Labute approximate surface area is 73.5 Å². The third-order valence-electron chi connectivity index (χ3n) is 1.81. The quantitative estimate of drug-likeness (QED) is 0.596. The van der Waals surface area contributed by atoms with E-state index in [9.17, 15) is 5.21 Å². The summed E-state index contributed by atoms with van der Waals surface area (Å²) in [6.45, 7) is 9.86. The van der Waals surface area contributed by atoms with E-state index in [1.165, 1.54) is 0 Å². The van der Waals surface area contributed by atoms with E-state index in [-0.39, 0.29) is 5.41 Å². The molecule has 1 aliphatic rings. The summed E-state index contributed by atoms with van der Waals surface area (Å²) in [6.07, 6.45) is 5.57. The highest BCUT2D eigenvalue weighted by Gasteiger charge is 2.23. The Morgan fingerprint density at radius 2 is 2.00 bits per heavy atom. The zero-order valence-corrected chi connectivity index (χ0v) is 7.83. The van der Waals surface area contributed by atoms with Crippen molar-refractivity contribution in [3.8, 4) is 0 Å². The highest BCUT2D eigenvalue weighted by atomic mass is 16.5. The van der Waals surface area contributed by atoms with Crippen LogP contribution in [0.5, 0.6) is 0 Å². The average molecular weight is 165 g/mol. The summed E-state index contributed by atoms with van der Waals surface area (Å²) in [5.41, 5.74) is 1.43. The lowest BCUT2D eigenvalue weighted by molar-refractivity contribution is -0.0331. The minimum Gasteiger partial charge on any atom is -0.284 e. The molecule has 66 valence electrons. The molecule has 0 spiro atoms. The smallest absolute Gasteiger partial charge is 0.0617 e. The predicted octanol–water partition coefficient (Wildman–Crippen LogP) is 2.69. The van der Waals surface area contributed by atoms with Gasteiger partial charge in [-0.25, -0.2) is 5.06 Å². The van der Waals surface area contributed by atoms with Crippen molar-refractivity contribution in [1.82, 2.24) is 5.06 Å². The third kappa shape index (κ3) is 1.59. The standard InChI is InChI=1S/C10H15NO/c1-8-6-5-7-9(11(8)12)10(2,3)4/h5-7,12H,1H2,2-4H3. The Morgan fingerprint density at radius 1 is 1.42 bits per heavy atom. The molecule has 2 heteroatoms. The number of rotatable bonds is 0. The van der Waals surface area contributed by atoms with Crippen LogP contribution in [-0.2, 0) is 0 Å². The largest absolute Gasteiger partial charge is 0.284 e. The van der Waals surface area contributed by atoms with Gasteiger partial charge in [0.15, 0.2) is 0 Å². The average Bonchev–Trinajstić information content (AvgIpc) is 1.92. The Bertz CT molecular complexity index is 256. The lowest BCUT2D eigenvalue weighted by atomic mass is 9.90. The van der Waals surface area contributed by atoms with E-state index in [0.29, 0.717) is 5.70 Å². The first kappa shape index (κ1) is 9.07. The molecule has 0 aromatic carbocycles. The van der Waals surface area contributed by atoms with Crippen LogP contribution in [0.4, 0.5) is 0 Å². The summed E-state index contributed by atoms with van der Waals surface area (Å²) in [4.78, 5) is 0. The van der Waals surface area contributed by atoms with Gasteiger partial charge < -0.3 is 0 Å². The Balaban J connectivity index is 2.98. The predicted molar refractivity (Wildman–Crippen MR) is 49.4 cm³/mol. The zero-order chi connectivity index (χ0) is 9.35. The van der Waals surface area contributed by atoms with Crippen molar-refractivity contribution in [3.63, 3.8) is 0 Å². The van der Waals surface area contributed by atoms with Crippen molar-refractivity contribution in [2.24, 2.45) is 5.41 Å². The van der Waals surface area contributed by atoms with Gasteiger partial charge in [0.25, 0.3) is 0 Å². The van der Waals surface area contributed by atoms with Gasteiger partial charge in [-0.3, -0.25) is 5.21 Å². The molecule has 0 saturated heterocycles. The highest BCUT2D eigenvalue weighted by Crippen LogP contribution is 2.31. The second-order valence-corrected chi connectivity index (χ2v) is 3.96. The molecule has 12 heavy (non-hydrogen) atoms. The van der Waals surface area contributed by atoms with Gasteiger partial charge in [0.1, 0.15) is 0 Å². The first-order chi connectivity index (χ1) is 5.43. The maximum absolute atomic E-state index is 9.59. The fraction of sp³-hybridized carbons (Fsp3) is 0.400. The molecule has 0 aliphatic carbocycles. The molecule has 2 nitrogen and oxygen atoms in total. The first-order valence-electron chi connectivity index (χ1n) is 3.99. The van der Waals surface area contributed by atoms with Gasteiger partial charge in [-0.1, -0.05) is 33.4 Å². The molecule has 0 amide bonds. The molecular formula is C10H15NO. The van der Waals surface area contributed by atoms with Crippen LogP contribution in [0, 0.1) is 5.41 Å². The van der Waals surface area contributed by atoms with Crippen LogP contribution in [0.2, 0.25) is 0 Å². The van der Waals surface area contributed by atoms with Gasteiger partial charge in [-0.15, -0.1) is 0 Å². The molecule has 0 aromatic rings. The molecule has 0 radical (unpaired) electrons. The SMILES string of the molecule is C=C1C=CC=C(C(C)(C)C)N1O. The minimum absolute atomic E-state index is 0.0531. The summed E-state index contributed by atoms with van der Waals surface area (Å²) < 4.78 is 0. The van der Waals surface area contributed by atoms with Crippen LogP contribution in [0.1, 0.15) is 20.8 Å². The van der Waals surface area contributed by atoms with Gasteiger partial charge in [-0.05, 0) is 12.2 Å². The minimum atomic E-state index is -0.0531. The van der Waals surface area contributed by atoms with E-state index in [4.69, 9.17) is 0 Å². The van der Waals surface area contributed by atoms with Crippen molar-refractivity contribution < 1.29 is 5.21 Å². The number of hydrogen-bond acceptors (Lipinski definition) is 2. The third-order valence-corrected chi connectivity index (χ3v) is 1.81. The van der Waals surface area contributed by atoms with Crippen LogP contribution < -0.4 is 0 Å². The van der Waals surface area contributed by atoms with E-state index in [1.54, 1.807) is 6.08 Å². The van der Waals surface area contributed by atoms with Gasteiger partial charge in [-0.2, -0.15) is 0 Å². The number of hydrogen-bond donors (Lipinski definition) is 1. The van der Waals surface area contributed by atoms with Crippen molar-refractivity contribution in [2.45, 2.75) is 20.8 Å². The van der Waals surface area contributed by atoms with Crippen LogP contribution in [0.25, 0.3) is 0 Å². The molecule has 0 aromatic heterocycles. The van der Waals surface area contributed by atoms with E-state index in [1.807, 2.05) is 12.2 Å². The molecule has 1 aliphatic heterocycles. The summed E-state index contributed by atoms with van der Waals surface area (Å²) in [7, 11) is 0. The van der Waals surface area contributed by atoms with Crippen LogP contribution >= 0.6 is 0 Å². The summed E-state index contributed by atoms with van der Waals surface area (Å²) in [5.74, 6) is 0. The topological polar surface area (TPSA) is 23.5 Å². The fourth-order valence-corrected chi connectivity index (χ4v) is 1.11. The molecule has 0 atom stereocenters. The highest BCUT2D eigenvalue weighted by molar-refractivity contribution is 5.31. The first-order valence-corrected chi connectivity index (χ1v) is 3.99. The maximum atomic E-state index is 9.59. The molecular weight excluding hydrogens is 150 g/mol. The van der Waals surface area contributed by atoms with E-state index < -0.39 is 0 Å². The summed E-state index contributed by atoms with van der Waals surface area (Å²) in [6, 6.07) is 0. The van der Waals surface area contributed by atoms with Crippen molar-refractivity contribution in [2.75, 3.05) is 0 Å². The molecule has 0 saturated carbocycles. The monoisotopic (exact) mass is 165 g/mol. The van der Waals surface area contributed by atoms with Crippen molar-refractivity contribution >= 4 is 0 Å². The van der Waals surface area contributed by atoms with Crippen molar-refractivity contribution in [3.05, 3.63) is 36.2 Å². The van der Waals surface area contributed by atoms with E-state index in [0.717, 1.165) is 10.8 Å². The maximum Gasteiger partial charge on any atom is 0.0617 e. The molecule has 1 N–H and O–H groups in total. The molecule has 0 bridgehead atoms. The van der Waals surface area contributed by atoms with Gasteiger partial charge in [0, 0.05) is 5.41 Å². The lowest BCUT2D eigenvalue weighted by Gasteiger charge is -2.32. The summed E-state index contributed by atoms with van der Waals surface area (Å²) in [5, 5.41) is 10.7. The fourth-order valence-electron chi connectivity index (χ4n) is 1.11. The molecule has 0 unspecified atom stereocenters. The Kier molecular flexibility index (Phi) is 2.11. The van der Waals surface area contributed by atoms with Gasteiger partial charge in [0.2, 0.25) is 0 Å². The van der Waals surface area contributed by atoms with Gasteiger partial charge in [0.05, 0.1) is 11.4 Å². The Hall–Kier alpha value is -1.02. The van der Waals surface area contributed by atoms with Crippen LogP contribution in [0.3, 0.4) is 0 Å². The van der Waals surface area contributed by atoms with Gasteiger partial charge >= 0.3 is 0 Å². The zero-order valence-electron chi connectivity index (χ0n) is 7.83. The van der Waals surface area contributed by atoms with E-state index in [2.05, 4.69) is 27.4 Å². The lowest BCUT2D eigenvalue weighted by Crippen LogP contribution is -2.27.